The quantitative estimate of drug-likeness (QED) is 0.773. The van der Waals surface area contributed by atoms with E-state index in [1.165, 1.54) is 11.3 Å². The van der Waals surface area contributed by atoms with Gasteiger partial charge in [-0.2, -0.15) is 0 Å². The third-order valence-corrected chi connectivity index (χ3v) is 3.50. The summed E-state index contributed by atoms with van der Waals surface area (Å²) >= 11 is 5.88. The fourth-order valence-corrected chi connectivity index (χ4v) is 2.36. The van der Waals surface area contributed by atoms with Gasteiger partial charge in [0.2, 0.25) is 0 Å². The molecule has 1 saturated heterocycles. The monoisotopic (exact) mass is 275 g/mol. The maximum absolute atomic E-state index is 5.88. The molecule has 17 heavy (non-hydrogen) atoms. The predicted octanol–water partition coefficient (Wildman–Crippen LogP) is 2.30. The minimum absolute atomic E-state index is 0. The summed E-state index contributed by atoms with van der Waals surface area (Å²) < 4.78 is 0. The molecule has 0 spiro atoms. The van der Waals surface area contributed by atoms with E-state index in [1.54, 1.807) is 0 Å². The first kappa shape index (κ1) is 14.6. The average Bonchev–Trinajstić information content (AvgIpc) is 2.31. The number of halogens is 2. The first-order valence-corrected chi connectivity index (χ1v) is 6.19. The van der Waals surface area contributed by atoms with Crippen LogP contribution in [0.3, 0.4) is 0 Å². The van der Waals surface area contributed by atoms with Crippen LogP contribution in [0.5, 0.6) is 0 Å². The van der Waals surface area contributed by atoms with E-state index in [-0.39, 0.29) is 12.4 Å². The smallest absolute Gasteiger partial charge is 0.0650 e. The lowest BCUT2D eigenvalue weighted by atomic mass is 10.1. The van der Waals surface area contributed by atoms with Gasteiger partial charge in [-0.3, -0.25) is 4.98 Å². The molecule has 0 radical (unpaired) electrons. The van der Waals surface area contributed by atoms with Gasteiger partial charge in [0.1, 0.15) is 0 Å². The van der Waals surface area contributed by atoms with Crippen molar-refractivity contribution in [1.29, 1.82) is 0 Å². The number of anilines is 1. The molecule has 1 fully saturated rings. The molecule has 1 aliphatic rings. The van der Waals surface area contributed by atoms with Crippen molar-refractivity contribution in [2.75, 3.05) is 38.1 Å². The van der Waals surface area contributed by atoms with Crippen molar-refractivity contribution in [2.45, 2.75) is 12.8 Å². The van der Waals surface area contributed by atoms with E-state index in [0.717, 1.165) is 31.9 Å². The molecule has 0 amide bonds. The Bertz CT molecular complexity index is 363. The summed E-state index contributed by atoms with van der Waals surface area (Å²) in [7, 11) is 2.17. The largest absolute Gasteiger partial charge is 0.369 e. The van der Waals surface area contributed by atoms with E-state index in [4.69, 9.17) is 11.6 Å². The maximum Gasteiger partial charge on any atom is 0.0650 e. The van der Waals surface area contributed by atoms with E-state index in [9.17, 15) is 0 Å². The standard InChI is InChI=1S/C12H18ClN3.ClH/c1-10-11(9-13)14-4-3-12(10)16-7-5-15(2)6-8-16;/h3-4H,5-9H2,1-2H3;1H. The van der Waals surface area contributed by atoms with E-state index in [2.05, 4.69) is 34.8 Å². The highest BCUT2D eigenvalue weighted by molar-refractivity contribution is 6.17. The Balaban J connectivity index is 0.00000144. The topological polar surface area (TPSA) is 19.4 Å². The molecule has 0 aliphatic carbocycles. The Morgan fingerprint density at radius 2 is 1.94 bits per heavy atom. The lowest BCUT2D eigenvalue weighted by molar-refractivity contribution is 0.312. The maximum atomic E-state index is 5.88. The average molecular weight is 276 g/mol. The second kappa shape index (κ2) is 6.43. The van der Waals surface area contributed by atoms with Crippen molar-refractivity contribution in [3.8, 4) is 0 Å². The van der Waals surface area contributed by atoms with Gasteiger partial charge in [0.15, 0.2) is 0 Å². The molecular formula is C12H19Cl2N3. The normalized spacial score (nSPS) is 16.8. The summed E-state index contributed by atoms with van der Waals surface area (Å²) in [4.78, 5) is 9.08. The van der Waals surface area contributed by atoms with E-state index in [1.807, 2.05) is 6.20 Å². The van der Waals surface area contributed by atoms with Gasteiger partial charge in [0.05, 0.1) is 11.6 Å². The van der Waals surface area contributed by atoms with Gasteiger partial charge in [-0.05, 0) is 25.6 Å². The highest BCUT2D eigenvalue weighted by Gasteiger charge is 2.16. The molecule has 96 valence electrons. The fraction of sp³-hybridized carbons (Fsp3) is 0.583. The molecule has 0 N–H and O–H groups in total. The zero-order valence-corrected chi connectivity index (χ0v) is 11.9. The Labute approximate surface area is 114 Å². The minimum Gasteiger partial charge on any atom is -0.369 e. The van der Waals surface area contributed by atoms with Crippen molar-refractivity contribution in [3.63, 3.8) is 0 Å². The van der Waals surface area contributed by atoms with Crippen molar-refractivity contribution in [3.05, 3.63) is 23.5 Å². The number of hydrogen-bond acceptors (Lipinski definition) is 3. The molecule has 2 heterocycles. The highest BCUT2D eigenvalue weighted by atomic mass is 35.5. The van der Waals surface area contributed by atoms with Crippen LogP contribution in [-0.4, -0.2) is 43.1 Å². The molecular weight excluding hydrogens is 257 g/mol. The van der Waals surface area contributed by atoms with Gasteiger partial charge >= 0.3 is 0 Å². The van der Waals surface area contributed by atoms with Crippen molar-refractivity contribution in [1.82, 2.24) is 9.88 Å². The number of likely N-dealkylation sites (N-methyl/N-ethyl adjacent to an activating group) is 1. The SMILES string of the molecule is Cc1c(N2CCN(C)CC2)ccnc1CCl.Cl. The van der Waals surface area contributed by atoms with Crippen LogP contribution in [0.25, 0.3) is 0 Å². The molecule has 2 rings (SSSR count). The summed E-state index contributed by atoms with van der Waals surface area (Å²) in [6, 6.07) is 2.09. The number of nitrogens with zero attached hydrogens (tertiary/aromatic N) is 3. The van der Waals surface area contributed by atoms with Crippen LogP contribution in [0.15, 0.2) is 12.3 Å². The Kier molecular flexibility index (Phi) is 5.50. The fourth-order valence-electron chi connectivity index (χ4n) is 2.09. The number of hydrogen-bond donors (Lipinski definition) is 0. The van der Waals surface area contributed by atoms with Crippen LogP contribution in [-0.2, 0) is 5.88 Å². The highest BCUT2D eigenvalue weighted by Crippen LogP contribution is 2.23. The van der Waals surface area contributed by atoms with E-state index >= 15 is 0 Å². The van der Waals surface area contributed by atoms with Crippen LogP contribution in [0, 0.1) is 6.92 Å². The van der Waals surface area contributed by atoms with Crippen LogP contribution >= 0.6 is 24.0 Å². The summed E-state index contributed by atoms with van der Waals surface area (Å²) in [5, 5.41) is 0. The zero-order chi connectivity index (χ0) is 11.5. The lowest BCUT2D eigenvalue weighted by Gasteiger charge is -2.35. The summed E-state index contributed by atoms with van der Waals surface area (Å²) in [6.07, 6.45) is 1.86. The van der Waals surface area contributed by atoms with Crippen LogP contribution in [0.1, 0.15) is 11.3 Å². The third-order valence-electron chi connectivity index (χ3n) is 3.25. The molecule has 0 bridgehead atoms. The Morgan fingerprint density at radius 3 is 2.53 bits per heavy atom. The number of aromatic nitrogens is 1. The van der Waals surface area contributed by atoms with Crippen molar-refractivity contribution < 1.29 is 0 Å². The van der Waals surface area contributed by atoms with E-state index in [0.29, 0.717) is 5.88 Å². The first-order chi connectivity index (χ1) is 7.72. The molecule has 0 aromatic carbocycles. The van der Waals surface area contributed by atoms with Gasteiger partial charge in [0, 0.05) is 38.1 Å². The number of pyridine rings is 1. The van der Waals surface area contributed by atoms with Crippen LogP contribution in [0.2, 0.25) is 0 Å². The van der Waals surface area contributed by atoms with Gasteiger partial charge in [-0.1, -0.05) is 0 Å². The Hall–Kier alpha value is -0.510. The molecule has 0 atom stereocenters. The second-order valence-electron chi connectivity index (χ2n) is 4.33. The molecule has 1 aromatic rings. The molecule has 0 unspecified atom stereocenters. The summed E-state index contributed by atoms with van der Waals surface area (Å²) in [5.41, 5.74) is 3.51. The van der Waals surface area contributed by atoms with Gasteiger partial charge in [-0.25, -0.2) is 0 Å². The molecule has 3 nitrogen and oxygen atoms in total. The summed E-state index contributed by atoms with van der Waals surface area (Å²) in [5.74, 6) is 0.493. The third kappa shape index (κ3) is 3.24. The van der Waals surface area contributed by atoms with Crippen LogP contribution < -0.4 is 4.90 Å². The molecule has 0 saturated carbocycles. The first-order valence-electron chi connectivity index (χ1n) is 5.66. The zero-order valence-electron chi connectivity index (χ0n) is 10.3. The number of rotatable bonds is 2. The number of alkyl halides is 1. The predicted molar refractivity (Wildman–Crippen MR) is 75.5 cm³/mol. The molecule has 5 heteroatoms. The second-order valence-corrected chi connectivity index (χ2v) is 4.59. The molecule has 1 aliphatic heterocycles. The van der Waals surface area contributed by atoms with Gasteiger partial charge in [0.25, 0.3) is 0 Å². The van der Waals surface area contributed by atoms with Crippen LogP contribution in [0.4, 0.5) is 5.69 Å². The minimum atomic E-state index is 0. The lowest BCUT2D eigenvalue weighted by Crippen LogP contribution is -2.44. The van der Waals surface area contributed by atoms with Gasteiger partial charge in [-0.15, -0.1) is 24.0 Å². The van der Waals surface area contributed by atoms with Crippen molar-refractivity contribution in [2.24, 2.45) is 0 Å². The number of piperazine rings is 1. The van der Waals surface area contributed by atoms with E-state index < -0.39 is 0 Å². The molecule has 1 aromatic heterocycles. The van der Waals surface area contributed by atoms with Crippen molar-refractivity contribution >= 4 is 29.7 Å². The Morgan fingerprint density at radius 1 is 1.29 bits per heavy atom. The summed E-state index contributed by atoms with van der Waals surface area (Å²) in [6.45, 7) is 6.53. The van der Waals surface area contributed by atoms with Gasteiger partial charge < -0.3 is 9.80 Å².